The first kappa shape index (κ1) is 15.9. The number of hydrogen-bond acceptors (Lipinski definition) is 4. The van der Waals surface area contributed by atoms with Gasteiger partial charge in [-0.3, -0.25) is 19.4 Å². The predicted octanol–water partition coefficient (Wildman–Crippen LogP) is 0.381. The van der Waals surface area contributed by atoms with Gasteiger partial charge in [-0.05, 0) is 24.5 Å². The van der Waals surface area contributed by atoms with Gasteiger partial charge < -0.3 is 15.3 Å². The highest BCUT2D eigenvalue weighted by Crippen LogP contribution is 2.21. The van der Waals surface area contributed by atoms with Crippen molar-refractivity contribution in [1.29, 1.82) is 0 Å². The fourth-order valence-electron chi connectivity index (χ4n) is 2.60. The van der Waals surface area contributed by atoms with Crippen LogP contribution in [0.15, 0.2) is 24.5 Å². The third-order valence-corrected chi connectivity index (χ3v) is 3.69. The van der Waals surface area contributed by atoms with Gasteiger partial charge in [-0.2, -0.15) is 0 Å². The molecule has 2 amide bonds. The van der Waals surface area contributed by atoms with Crippen molar-refractivity contribution < 1.29 is 19.5 Å². The molecule has 118 valence electrons. The van der Waals surface area contributed by atoms with Crippen molar-refractivity contribution in [3.63, 3.8) is 0 Å². The first-order valence-corrected chi connectivity index (χ1v) is 7.16. The van der Waals surface area contributed by atoms with E-state index in [1.54, 1.807) is 18.3 Å². The molecule has 2 atom stereocenters. The van der Waals surface area contributed by atoms with Crippen LogP contribution in [0, 0.1) is 11.8 Å². The van der Waals surface area contributed by atoms with Crippen LogP contribution in [0.1, 0.15) is 23.7 Å². The van der Waals surface area contributed by atoms with Crippen LogP contribution >= 0.6 is 0 Å². The molecule has 1 aliphatic rings. The molecule has 0 saturated carbocycles. The maximum atomic E-state index is 12.2. The number of nitrogens with one attached hydrogen (secondary N) is 1. The summed E-state index contributed by atoms with van der Waals surface area (Å²) in [4.78, 5) is 40.5. The lowest BCUT2D eigenvalue weighted by Crippen LogP contribution is -2.48. The highest BCUT2D eigenvalue weighted by Gasteiger charge is 2.31. The number of carbonyl (C=O) groups is 3. The van der Waals surface area contributed by atoms with Gasteiger partial charge in [0.15, 0.2) is 0 Å². The zero-order valence-corrected chi connectivity index (χ0v) is 12.4. The summed E-state index contributed by atoms with van der Waals surface area (Å²) < 4.78 is 0. The Labute approximate surface area is 128 Å². The van der Waals surface area contributed by atoms with Gasteiger partial charge in [0, 0.05) is 25.5 Å². The molecule has 2 rings (SSSR count). The van der Waals surface area contributed by atoms with Crippen LogP contribution < -0.4 is 5.32 Å². The van der Waals surface area contributed by atoms with E-state index < -0.39 is 11.9 Å². The number of nitrogens with zero attached hydrogens (tertiary/aromatic N) is 2. The smallest absolute Gasteiger partial charge is 0.308 e. The van der Waals surface area contributed by atoms with Gasteiger partial charge in [-0.15, -0.1) is 0 Å². The molecule has 0 radical (unpaired) electrons. The van der Waals surface area contributed by atoms with Crippen LogP contribution in [0.25, 0.3) is 0 Å². The lowest BCUT2D eigenvalue weighted by molar-refractivity contribution is -0.146. The molecule has 1 aromatic rings. The lowest BCUT2D eigenvalue weighted by atomic mass is 9.90. The van der Waals surface area contributed by atoms with Gasteiger partial charge >= 0.3 is 5.97 Å². The second-order valence-electron chi connectivity index (χ2n) is 5.60. The van der Waals surface area contributed by atoms with Crippen molar-refractivity contribution in [3.05, 3.63) is 30.1 Å². The Morgan fingerprint density at radius 2 is 2.18 bits per heavy atom. The quantitative estimate of drug-likeness (QED) is 0.838. The predicted molar refractivity (Wildman–Crippen MR) is 78.1 cm³/mol. The number of pyridine rings is 1. The van der Waals surface area contributed by atoms with E-state index in [0.29, 0.717) is 18.5 Å². The van der Waals surface area contributed by atoms with Gasteiger partial charge in [-0.1, -0.05) is 6.92 Å². The summed E-state index contributed by atoms with van der Waals surface area (Å²) in [7, 11) is 0. The summed E-state index contributed by atoms with van der Waals surface area (Å²) in [5.74, 6) is -1.94. The number of aromatic nitrogens is 1. The summed E-state index contributed by atoms with van der Waals surface area (Å²) >= 11 is 0. The zero-order chi connectivity index (χ0) is 16.1. The number of hydrogen-bond donors (Lipinski definition) is 2. The highest BCUT2D eigenvalue weighted by molar-refractivity contribution is 5.96. The van der Waals surface area contributed by atoms with Crippen LogP contribution in [0.2, 0.25) is 0 Å². The molecule has 1 fully saturated rings. The second kappa shape index (κ2) is 7.02. The molecular weight excluding hydrogens is 286 g/mol. The molecule has 1 aromatic heterocycles. The Balaban J connectivity index is 1.89. The molecular formula is C15H19N3O4. The number of likely N-dealkylation sites (tertiary alicyclic amines) is 1. The third kappa shape index (κ3) is 4.03. The van der Waals surface area contributed by atoms with Crippen LogP contribution in [0.3, 0.4) is 0 Å². The minimum atomic E-state index is -0.885. The maximum Gasteiger partial charge on any atom is 0.308 e. The maximum absolute atomic E-state index is 12.2. The number of carboxylic acids is 1. The standard InChI is InChI=1S/C15H19N3O4/c1-10-5-12(15(21)22)9-18(8-10)13(19)7-17-14(20)11-3-2-4-16-6-11/h2-4,6,10,12H,5,7-9H2,1H3,(H,17,20)(H,21,22). The summed E-state index contributed by atoms with van der Waals surface area (Å²) in [6.45, 7) is 2.49. The van der Waals surface area contributed by atoms with Crippen molar-refractivity contribution in [2.45, 2.75) is 13.3 Å². The van der Waals surface area contributed by atoms with Crippen molar-refractivity contribution in [2.24, 2.45) is 11.8 Å². The van der Waals surface area contributed by atoms with Gasteiger partial charge in [-0.25, -0.2) is 0 Å². The molecule has 1 saturated heterocycles. The molecule has 7 heteroatoms. The van der Waals surface area contributed by atoms with Crippen LogP contribution in [0.4, 0.5) is 0 Å². The molecule has 2 unspecified atom stereocenters. The Morgan fingerprint density at radius 3 is 2.82 bits per heavy atom. The number of carboxylic acid groups (broad SMARTS) is 1. The Bertz CT molecular complexity index is 561. The molecule has 22 heavy (non-hydrogen) atoms. The highest BCUT2D eigenvalue weighted by atomic mass is 16.4. The number of aliphatic carboxylic acids is 1. The summed E-state index contributed by atoms with van der Waals surface area (Å²) in [6, 6.07) is 3.25. The number of carbonyl (C=O) groups excluding carboxylic acids is 2. The van der Waals surface area contributed by atoms with Gasteiger partial charge in [0.1, 0.15) is 0 Å². The average molecular weight is 305 g/mol. The van der Waals surface area contributed by atoms with Crippen LogP contribution in [-0.4, -0.2) is 52.4 Å². The van der Waals surface area contributed by atoms with Gasteiger partial charge in [0.05, 0.1) is 18.0 Å². The van der Waals surface area contributed by atoms with E-state index in [9.17, 15) is 14.4 Å². The van der Waals surface area contributed by atoms with E-state index in [1.807, 2.05) is 6.92 Å². The lowest BCUT2D eigenvalue weighted by Gasteiger charge is -2.34. The SMILES string of the molecule is CC1CC(C(=O)O)CN(C(=O)CNC(=O)c2cccnc2)C1. The van der Waals surface area contributed by atoms with Gasteiger partial charge in [0.25, 0.3) is 5.91 Å². The van der Waals surface area contributed by atoms with E-state index in [0.717, 1.165) is 0 Å². The molecule has 0 aromatic carbocycles. The van der Waals surface area contributed by atoms with Crippen molar-refractivity contribution in [2.75, 3.05) is 19.6 Å². The van der Waals surface area contributed by atoms with Crippen molar-refractivity contribution >= 4 is 17.8 Å². The molecule has 1 aliphatic heterocycles. The Kier molecular flexibility index (Phi) is 5.08. The summed E-state index contributed by atoms with van der Waals surface area (Å²) in [5.41, 5.74) is 0.380. The normalized spacial score (nSPS) is 21.2. The first-order valence-electron chi connectivity index (χ1n) is 7.16. The number of rotatable bonds is 4. The zero-order valence-electron chi connectivity index (χ0n) is 12.4. The molecule has 7 nitrogen and oxygen atoms in total. The Morgan fingerprint density at radius 1 is 1.41 bits per heavy atom. The van der Waals surface area contributed by atoms with E-state index in [1.165, 1.54) is 11.1 Å². The molecule has 2 N–H and O–H groups in total. The summed E-state index contributed by atoms with van der Waals surface area (Å²) in [5, 5.41) is 11.6. The van der Waals surface area contributed by atoms with Gasteiger partial charge in [0.2, 0.25) is 5.91 Å². The second-order valence-corrected chi connectivity index (χ2v) is 5.60. The topological polar surface area (TPSA) is 99.6 Å². The molecule has 0 spiro atoms. The first-order chi connectivity index (χ1) is 10.5. The molecule has 0 aliphatic carbocycles. The van der Waals surface area contributed by atoms with E-state index in [2.05, 4.69) is 10.3 Å². The third-order valence-electron chi connectivity index (χ3n) is 3.69. The molecule has 0 bridgehead atoms. The van der Waals surface area contributed by atoms with Crippen molar-refractivity contribution in [3.8, 4) is 0 Å². The van der Waals surface area contributed by atoms with Crippen LogP contribution in [0.5, 0.6) is 0 Å². The Hall–Kier alpha value is -2.44. The van der Waals surface area contributed by atoms with Crippen molar-refractivity contribution in [1.82, 2.24) is 15.2 Å². The number of amides is 2. The monoisotopic (exact) mass is 305 g/mol. The fraction of sp³-hybridized carbons (Fsp3) is 0.467. The number of piperidine rings is 1. The van der Waals surface area contributed by atoms with E-state index >= 15 is 0 Å². The minimum Gasteiger partial charge on any atom is -0.481 e. The molecule has 2 heterocycles. The fourth-order valence-corrected chi connectivity index (χ4v) is 2.60. The minimum absolute atomic E-state index is 0.132. The van der Waals surface area contributed by atoms with Crippen LogP contribution in [-0.2, 0) is 9.59 Å². The van der Waals surface area contributed by atoms with E-state index in [-0.39, 0.29) is 30.8 Å². The largest absolute Gasteiger partial charge is 0.481 e. The summed E-state index contributed by atoms with van der Waals surface area (Å²) in [6.07, 6.45) is 3.55. The average Bonchev–Trinajstić information content (AvgIpc) is 2.52. The van der Waals surface area contributed by atoms with E-state index in [4.69, 9.17) is 5.11 Å².